The molecular formula is C12H17NS. The molecule has 1 aliphatic heterocycles. The Balaban J connectivity index is 2.00. The third kappa shape index (κ3) is 2.44. The van der Waals surface area contributed by atoms with Gasteiger partial charge in [0.05, 0.1) is 0 Å². The lowest BCUT2D eigenvalue weighted by atomic mass is 10.1. The van der Waals surface area contributed by atoms with E-state index in [9.17, 15) is 0 Å². The molecule has 2 heteroatoms. The van der Waals surface area contributed by atoms with Crippen molar-refractivity contribution in [3.63, 3.8) is 0 Å². The predicted octanol–water partition coefficient (Wildman–Crippen LogP) is 3.17. The molecule has 0 spiro atoms. The number of aryl methyl sites for hydroxylation is 1. The Kier molecular flexibility index (Phi) is 3.35. The third-order valence-corrected chi connectivity index (χ3v) is 3.80. The average Bonchev–Trinajstić information content (AvgIpc) is 2.71. The van der Waals surface area contributed by atoms with Gasteiger partial charge in [0.1, 0.15) is 0 Å². The van der Waals surface area contributed by atoms with Gasteiger partial charge >= 0.3 is 0 Å². The molecule has 1 nitrogen and oxygen atoms in total. The maximum atomic E-state index is 3.59. The molecule has 1 atom stereocenters. The van der Waals surface area contributed by atoms with E-state index in [1.807, 2.05) is 11.8 Å². The van der Waals surface area contributed by atoms with Crippen LogP contribution in [0.1, 0.15) is 18.9 Å². The Morgan fingerprint density at radius 2 is 2.43 bits per heavy atom. The Morgan fingerprint density at radius 1 is 1.50 bits per heavy atom. The van der Waals surface area contributed by atoms with Gasteiger partial charge in [0.15, 0.2) is 0 Å². The second kappa shape index (κ2) is 4.74. The maximum absolute atomic E-state index is 3.59. The first-order valence-electron chi connectivity index (χ1n) is 5.31. The quantitative estimate of drug-likeness (QED) is 0.817. The fourth-order valence-electron chi connectivity index (χ4n) is 1.77. The van der Waals surface area contributed by atoms with Crippen LogP contribution in [0.3, 0.4) is 0 Å². The van der Waals surface area contributed by atoms with Gasteiger partial charge in [-0.05, 0) is 36.3 Å². The fraction of sp³-hybridized carbons (Fsp3) is 0.500. The Labute approximate surface area is 90.3 Å². The second-order valence-electron chi connectivity index (χ2n) is 3.76. The summed E-state index contributed by atoms with van der Waals surface area (Å²) in [5.74, 6) is 2.57. The molecule has 0 radical (unpaired) electrons. The third-order valence-electron chi connectivity index (χ3n) is 2.64. The highest BCUT2D eigenvalue weighted by molar-refractivity contribution is 7.99. The van der Waals surface area contributed by atoms with Crippen molar-refractivity contribution in [1.29, 1.82) is 0 Å². The summed E-state index contributed by atoms with van der Waals surface area (Å²) in [6, 6.07) is 9.45. The summed E-state index contributed by atoms with van der Waals surface area (Å²) in [6.07, 6.45) is 2.43. The van der Waals surface area contributed by atoms with Crippen LogP contribution in [0, 0.1) is 0 Å². The van der Waals surface area contributed by atoms with E-state index in [2.05, 4.69) is 36.5 Å². The highest BCUT2D eigenvalue weighted by Gasteiger charge is 2.14. The number of nitrogens with one attached hydrogen (secondary N) is 1. The zero-order chi connectivity index (χ0) is 9.80. The number of benzene rings is 1. The van der Waals surface area contributed by atoms with Crippen LogP contribution >= 0.6 is 11.8 Å². The molecule has 0 bridgehead atoms. The first-order valence-corrected chi connectivity index (χ1v) is 6.47. The highest BCUT2D eigenvalue weighted by atomic mass is 32.2. The van der Waals surface area contributed by atoms with Crippen LogP contribution in [0.5, 0.6) is 0 Å². The van der Waals surface area contributed by atoms with E-state index >= 15 is 0 Å². The molecule has 0 saturated carbocycles. The lowest BCUT2D eigenvalue weighted by Crippen LogP contribution is -2.17. The van der Waals surface area contributed by atoms with Crippen LogP contribution in [0.2, 0.25) is 0 Å². The van der Waals surface area contributed by atoms with Crippen molar-refractivity contribution in [3.8, 4) is 0 Å². The van der Waals surface area contributed by atoms with E-state index in [-0.39, 0.29) is 0 Å². The molecule has 1 heterocycles. The molecule has 0 aromatic heterocycles. The zero-order valence-electron chi connectivity index (χ0n) is 8.62. The van der Waals surface area contributed by atoms with Crippen LogP contribution in [0.15, 0.2) is 24.3 Å². The second-order valence-corrected chi connectivity index (χ2v) is 4.91. The first-order chi connectivity index (χ1) is 6.88. The van der Waals surface area contributed by atoms with Gasteiger partial charge in [0.2, 0.25) is 0 Å². The molecule has 1 N–H and O–H groups in total. The van der Waals surface area contributed by atoms with Crippen LogP contribution in [-0.2, 0) is 6.42 Å². The molecule has 0 unspecified atom stereocenters. The Bertz CT molecular complexity index is 292. The maximum Gasteiger partial charge on any atom is 0.0359 e. The summed E-state index contributed by atoms with van der Waals surface area (Å²) in [5, 5.41) is 3.59. The van der Waals surface area contributed by atoms with Crippen LogP contribution in [-0.4, -0.2) is 17.5 Å². The molecule has 2 rings (SSSR count). The molecule has 14 heavy (non-hydrogen) atoms. The molecule has 0 amide bonds. The minimum Gasteiger partial charge on any atom is -0.381 e. The van der Waals surface area contributed by atoms with Gasteiger partial charge in [0.25, 0.3) is 0 Å². The summed E-state index contributed by atoms with van der Waals surface area (Å²) in [7, 11) is 0. The molecule has 1 aromatic carbocycles. The Morgan fingerprint density at radius 3 is 3.14 bits per heavy atom. The summed E-state index contributed by atoms with van der Waals surface area (Å²) in [4.78, 5) is 0. The van der Waals surface area contributed by atoms with Gasteiger partial charge in [-0.25, -0.2) is 0 Å². The van der Waals surface area contributed by atoms with E-state index in [0.29, 0.717) is 6.04 Å². The number of rotatable bonds is 3. The Hall–Kier alpha value is -0.630. The molecular weight excluding hydrogens is 190 g/mol. The number of thioether (sulfide) groups is 1. The molecule has 0 aliphatic carbocycles. The molecule has 1 aliphatic rings. The number of hydrogen-bond donors (Lipinski definition) is 1. The van der Waals surface area contributed by atoms with Gasteiger partial charge < -0.3 is 5.32 Å². The van der Waals surface area contributed by atoms with Crippen LogP contribution in [0.25, 0.3) is 0 Å². The fourth-order valence-corrected chi connectivity index (χ4v) is 2.92. The standard InChI is InChI=1S/C12H17NS/c1-2-10-4-3-5-11(8-10)13-12-6-7-14-9-12/h3-5,8,12-13H,2,6-7,9H2,1H3/t12-/m1/s1. The van der Waals surface area contributed by atoms with E-state index in [1.165, 1.54) is 29.2 Å². The first kappa shape index (κ1) is 9.91. The van der Waals surface area contributed by atoms with Crippen molar-refractivity contribution in [2.24, 2.45) is 0 Å². The predicted molar refractivity (Wildman–Crippen MR) is 65.2 cm³/mol. The number of anilines is 1. The van der Waals surface area contributed by atoms with Gasteiger partial charge in [-0.1, -0.05) is 19.1 Å². The van der Waals surface area contributed by atoms with Gasteiger partial charge in [0, 0.05) is 17.5 Å². The lowest BCUT2D eigenvalue weighted by molar-refractivity contribution is 0.812. The van der Waals surface area contributed by atoms with Crippen molar-refractivity contribution in [3.05, 3.63) is 29.8 Å². The van der Waals surface area contributed by atoms with E-state index < -0.39 is 0 Å². The molecule has 1 aromatic rings. The van der Waals surface area contributed by atoms with Crippen LogP contribution < -0.4 is 5.32 Å². The SMILES string of the molecule is CCc1cccc(N[C@@H]2CCSC2)c1. The van der Waals surface area contributed by atoms with E-state index in [1.54, 1.807) is 0 Å². The monoisotopic (exact) mass is 207 g/mol. The minimum absolute atomic E-state index is 0.687. The van der Waals surface area contributed by atoms with E-state index in [4.69, 9.17) is 0 Å². The van der Waals surface area contributed by atoms with Gasteiger partial charge in [-0.2, -0.15) is 11.8 Å². The summed E-state index contributed by atoms with van der Waals surface area (Å²) < 4.78 is 0. The molecule has 1 fully saturated rings. The lowest BCUT2D eigenvalue weighted by Gasteiger charge is -2.13. The summed E-state index contributed by atoms with van der Waals surface area (Å²) in [5.41, 5.74) is 2.71. The largest absolute Gasteiger partial charge is 0.381 e. The zero-order valence-corrected chi connectivity index (χ0v) is 9.44. The molecule has 1 saturated heterocycles. The summed E-state index contributed by atoms with van der Waals surface area (Å²) in [6.45, 7) is 2.20. The highest BCUT2D eigenvalue weighted by Crippen LogP contribution is 2.21. The van der Waals surface area contributed by atoms with Crippen molar-refractivity contribution in [2.45, 2.75) is 25.8 Å². The summed E-state index contributed by atoms with van der Waals surface area (Å²) >= 11 is 2.05. The van der Waals surface area contributed by atoms with Crippen molar-refractivity contribution >= 4 is 17.4 Å². The van der Waals surface area contributed by atoms with Crippen molar-refractivity contribution in [2.75, 3.05) is 16.8 Å². The van der Waals surface area contributed by atoms with Gasteiger partial charge in [-0.15, -0.1) is 0 Å². The van der Waals surface area contributed by atoms with Gasteiger partial charge in [-0.3, -0.25) is 0 Å². The smallest absolute Gasteiger partial charge is 0.0359 e. The van der Waals surface area contributed by atoms with Crippen molar-refractivity contribution in [1.82, 2.24) is 0 Å². The van der Waals surface area contributed by atoms with Crippen molar-refractivity contribution < 1.29 is 0 Å². The normalized spacial score (nSPS) is 21.1. The molecule has 76 valence electrons. The minimum atomic E-state index is 0.687. The van der Waals surface area contributed by atoms with E-state index in [0.717, 1.165) is 6.42 Å². The number of hydrogen-bond acceptors (Lipinski definition) is 2. The topological polar surface area (TPSA) is 12.0 Å². The average molecular weight is 207 g/mol. The van der Waals surface area contributed by atoms with Crippen LogP contribution in [0.4, 0.5) is 5.69 Å².